The van der Waals surface area contributed by atoms with Gasteiger partial charge in [-0.1, -0.05) is 11.6 Å². The fourth-order valence-electron chi connectivity index (χ4n) is 1.91. The van der Waals surface area contributed by atoms with Crippen LogP contribution in [0.5, 0.6) is 23.0 Å². The Bertz CT molecular complexity index is 769. The van der Waals surface area contributed by atoms with E-state index in [9.17, 15) is 10.2 Å². The number of aromatic hydroxyl groups is 2. The van der Waals surface area contributed by atoms with Gasteiger partial charge in [0.25, 0.3) is 0 Å². The first-order valence-corrected chi connectivity index (χ1v) is 6.50. The van der Waals surface area contributed by atoms with Gasteiger partial charge in [0.05, 0.1) is 6.20 Å². The molecule has 0 spiro atoms. The maximum atomic E-state index is 9.91. The lowest BCUT2D eigenvalue weighted by atomic mass is 10.1. The number of aromatic amines is 1. The number of H-pyrrole nitrogens is 1. The Morgan fingerprint density at radius 1 is 1.05 bits per heavy atom. The van der Waals surface area contributed by atoms with E-state index in [0.29, 0.717) is 27.8 Å². The molecule has 2 aromatic carbocycles. The summed E-state index contributed by atoms with van der Waals surface area (Å²) in [6, 6.07) is 11.2. The number of phenolic OH excluding ortho intramolecular Hbond substituents is 2. The second-order valence-electron chi connectivity index (χ2n) is 4.37. The summed E-state index contributed by atoms with van der Waals surface area (Å²) in [6.45, 7) is 0. The van der Waals surface area contributed by atoms with Crippen LogP contribution in [0.4, 0.5) is 0 Å². The molecule has 0 saturated heterocycles. The van der Waals surface area contributed by atoms with E-state index < -0.39 is 0 Å². The second kappa shape index (κ2) is 5.38. The number of aromatic nitrogens is 2. The van der Waals surface area contributed by atoms with Crippen LogP contribution in [0, 0.1) is 0 Å². The minimum absolute atomic E-state index is 0.0177. The Morgan fingerprint density at radius 2 is 1.81 bits per heavy atom. The number of hydrogen-bond acceptors (Lipinski definition) is 4. The molecule has 21 heavy (non-hydrogen) atoms. The van der Waals surface area contributed by atoms with E-state index >= 15 is 0 Å². The summed E-state index contributed by atoms with van der Waals surface area (Å²) in [4.78, 5) is 0. The first kappa shape index (κ1) is 13.3. The van der Waals surface area contributed by atoms with Crippen LogP contribution in [-0.4, -0.2) is 20.4 Å². The van der Waals surface area contributed by atoms with Gasteiger partial charge < -0.3 is 14.9 Å². The van der Waals surface area contributed by atoms with Crippen molar-refractivity contribution in [3.63, 3.8) is 0 Å². The van der Waals surface area contributed by atoms with Crippen molar-refractivity contribution in [1.29, 1.82) is 0 Å². The van der Waals surface area contributed by atoms with Crippen molar-refractivity contribution < 1.29 is 14.9 Å². The summed E-state index contributed by atoms with van der Waals surface area (Å²) in [5, 5.41) is 26.6. The van der Waals surface area contributed by atoms with E-state index in [-0.39, 0.29) is 11.5 Å². The zero-order valence-corrected chi connectivity index (χ0v) is 11.5. The van der Waals surface area contributed by atoms with Crippen LogP contribution < -0.4 is 4.74 Å². The number of benzene rings is 2. The first-order chi connectivity index (χ1) is 10.1. The minimum atomic E-state index is -0.0693. The SMILES string of the molecule is Oc1ccc(-c2[nH]ncc2Oc2ccc(Cl)cc2)c(O)c1. The zero-order chi connectivity index (χ0) is 14.8. The zero-order valence-electron chi connectivity index (χ0n) is 10.7. The number of rotatable bonds is 3. The van der Waals surface area contributed by atoms with Gasteiger partial charge in [-0.2, -0.15) is 5.10 Å². The van der Waals surface area contributed by atoms with Gasteiger partial charge in [0.2, 0.25) is 0 Å². The maximum absolute atomic E-state index is 9.91. The van der Waals surface area contributed by atoms with E-state index in [0.717, 1.165) is 0 Å². The molecule has 0 atom stereocenters. The molecule has 0 amide bonds. The number of ether oxygens (including phenoxy) is 1. The van der Waals surface area contributed by atoms with Crippen molar-refractivity contribution >= 4 is 11.6 Å². The van der Waals surface area contributed by atoms with E-state index in [1.54, 1.807) is 30.3 Å². The summed E-state index contributed by atoms with van der Waals surface area (Å²) in [5.74, 6) is 0.967. The van der Waals surface area contributed by atoms with Crippen LogP contribution in [0.25, 0.3) is 11.3 Å². The average molecular weight is 303 g/mol. The van der Waals surface area contributed by atoms with Gasteiger partial charge >= 0.3 is 0 Å². The third kappa shape index (κ3) is 2.78. The van der Waals surface area contributed by atoms with E-state index in [1.807, 2.05) is 0 Å². The van der Waals surface area contributed by atoms with Gasteiger partial charge in [-0.3, -0.25) is 5.10 Å². The number of nitrogens with zero attached hydrogens (tertiary/aromatic N) is 1. The summed E-state index contributed by atoms with van der Waals surface area (Å²) in [7, 11) is 0. The van der Waals surface area contributed by atoms with Crippen molar-refractivity contribution in [2.45, 2.75) is 0 Å². The third-order valence-corrected chi connectivity index (χ3v) is 3.15. The molecule has 0 aliphatic heterocycles. The van der Waals surface area contributed by atoms with Crippen molar-refractivity contribution in [1.82, 2.24) is 10.2 Å². The van der Waals surface area contributed by atoms with Gasteiger partial charge in [0.15, 0.2) is 5.75 Å². The Labute approximate surface area is 125 Å². The number of hydrogen-bond donors (Lipinski definition) is 3. The van der Waals surface area contributed by atoms with Crippen molar-refractivity contribution in [3.05, 3.63) is 53.7 Å². The number of phenols is 2. The minimum Gasteiger partial charge on any atom is -0.508 e. The Hall–Kier alpha value is -2.66. The highest BCUT2D eigenvalue weighted by Crippen LogP contribution is 2.37. The first-order valence-electron chi connectivity index (χ1n) is 6.12. The summed E-state index contributed by atoms with van der Waals surface area (Å²) in [6.07, 6.45) is 1.51. The largest absolute Gasteiger partial charge is 0.508 e. The summed E-state index contributed by atoms with van der Waals surface area (Å²) >= 11 is 5.83. The highest BCUT2D eigenvalue weighted by Gasteiger charge is 2.14. The molecule has 5 nitrogen and oxygen atoms in total. The van der Waals surface area contributed by atoms with Crippen LogP contribution in [0.15, 0.2) is 48.7 Å². The maximum Gasteiger partial charge on any atom is 0.173 e. The van der Waals surface area contributed by atoms with Crippen LogP contribution in [0.2, 0.25) is 5.02 Å². The Kier molecular flexibility index (Phi) is 3.41. The molecule has 3 N–H and O–H groups in total. The van der Waals surface area contributed by atoms with E-state index in [4.69, 9.17) is 16.3 Å². The molecule has 1 heterocycles. The monoisotopic (exact) mass is 302 g/mol. The highest BCUT2D eigenvalue weighted by molar-refractivity contribution is 6.30. The second-order valence-corrected chi connectivity index (χ2v) is 4.80. The standard InChI is InChI=1S/C15H11ClN2O3/c16-9-1-4-11(5-2-9)21-14-8-17-18-15(14)12-6-3-10(19)7-13(12)20/h1-8,19-20H,(H,17,18). The number of halogens is 1. The topological polar surface area (TPSA) is 78.4 Å². The fraction of sp³-hybridized carbons (Fsp3) is 0. The summed E-state index contributed by atoms with van der Waals surface area (Å²) < 4.78 is 5.72. The van der Waals surface area contributed by atoms with Gasteiger partial charge in [-0.15, -0.1) is 0 Å². The van der Waals surface area contributed by atoms with Gasteiger partial charge in [-0.05, 0) is 36.4 Å². The lowest BCUT2D eigenvalue weighted by Gasteiger charge is -2.08. The molecular formula is C15H11ClN2O3. The predicted octanol–water partition coefficient (Wildman–Crippen LogP) is 3.93. The molecule has 0 bridgehead atoms. The van der Waals surface area contributed by atoms with E-state index in [1.165, 1.54) is 18.3 Å². The van der Waals surface area contributed by atoms with Crippen molar-refractivity contribution in [2.75, 3.05) is 0 Å². The Balaban J connectivity index is 1.95. The van der Waals surface area contributed by atoms with Crippen molar-refractivity contribution in [3.8, 4) is 34.3 Å². The fourth-order valence-corrected chi connectivity index (χ4v) is 2.03. The van der Waals surface area contributed by atoms with Gasteiger partial charge in [-0.25, -0.2) is 0 Å². The van der Waals surface area contributed by atoms with Crippen molar-refractivity contribution in [2.24, 2.45) is 0 Å². The molecule has 6 heteroatoms. The molecule has 0 fully saturated rings. The van der Waals surface area contributed by atoms with Crippen LogP contribution in [-0.2, 0) is 0 Å². The molecule has 3 aromatic rings. The van der Waals surface area contributed by atoms with Gasteiger partial charge in [0.1, 0.15) is 22.9 Å². The molecule has 0 aliphatic rings. The van der Waals surface area contributed by atoms with Crippen LogP contribution >= 0.6 is 11.6 Å². The highest BCUT2D eigenvalue weighted by atomic mass is 35.5. The smallest absolute Gasteiger partial charge is 0.173 e. The molecule has 0 aliphatic carbocycles. The van der Waals surface area contributed by atoms with Crippen LogP contribution in [0.1, 0.15) is 0 Å². The van der Waals surface area contributed by atoms with E-state index in [2.05, 4.69) is 10.2 Å². The van der Waals surface area contributed by atoms with Gasteiger partial charge in [0, 0.05) is 16.7 Å². The predicted molar refractivity (Wildman–Crippen MR) is 78.9 cm³/mol. The normalized spacial score (nSPS) is 10.5. The molecule has 0 radical (unpaired) electrons. The molecule has 1 aromatic heterocycles. The molecule has 0 saturated carbocycles. The number of nitrogens with one attached hydrogen (secondary N) is 1. The quantitative estimate of drug-likeness (QED) is 0.685. The average Bonchev–Trinajstić information content (AvgIpc) is 2.89. The third-order valence-electron chi connectivity index (χ3n) is 2.90. The summed E-state index contributed by atoms with van der Waals surface area (Å²) in [5.41, 5.74) is 0.997. The molecule has 0 unspecified atom stereocenters. The van der Waals surface area contributed by atoms with Crippen LogP contribution in [0.3, 0.4) is 0 Å². The Morgan fingerprint density at radius 3 is 2.52 bits per heavy atom. The lowest BCUT2D eigenvalue weighted by molar-refractivity contribution is 0.450. The molecule has 3 rings (SSSR count). The molecular weight excluding hydrogens is 292 g/mol. The lowest BCUT2D eigenvalue weighted by Crippen LogP contribution is -1.86. The molecule has 106 valence electrons.